The van der Waals surface area contributed by atoms with Crippen LogP contribution in [0.3, 0.4) is 0 Å². The Bertz CT molecular complexity index is 594. The minimum Gasteiger partial charge on any atom is -0.298 e. The van der Waals surface area contributed by atoms with Crippen LogP contribution in [-0.2, 0) is 0 Å². The highest BCUT2D eigenvalue weighted by Gasteiger charge is 2.16. The van der Waals surface area contributed by atoms with Gasteiger partial charge in [0.2, 0.25) is 0 Å². The summed E-state index contributed by atoms with van der Waals surface area (Å²) in [6.07, 6.45) is 2.00. The number of nitrogens with zero attached hydrogens (tertiary/aromatic N) is 1. The summed E-state index contributed by atoms with van der Waals surface area (Å²) in [7, 11) is 0. The van der Waals surface area contributed by atoms with E-state index in [1.807, 2.05) is 13.2 Å². The van der Waals surface area contributed by atoms with Crippen LogP contribution < -0.4 is 5.32 Å². The number of rotatable bonds is 3. The maximum absolute atomic E-state index is 12.1. The van der Waals surface area contributed by atoms with Crippen molar-refractivity contribution in [2.45, 2.75) is 11.1 Å². The minimum atomic E-state index is -0.148. The standard InChI is InChI=1S/C10H8Br2N2OS3/c1-4-9(16-2)18-10(13-4)14-8(15)5-3-6(11)17-7(5)12/h3H,1-2H3,(H,13,14,15). The first kappa shape index (κ1) is 14.5. The van der Waals surface area contributed by atoms with E-state index in [2.05, 4.69) is 42.2 Å². The van der Waals surface area contributed by atoms with Crippen molar-refractivity contribution >= 4 is 77.3 Å². The third-order valence-electron chi connectivity index (χ3n) is 2.06. The summed E-state index contributed by atoms with van der Waals surface area (Å²) in [4.78, 5) is 16.4. The molecule has 18 heavy (non-hydrogen) atoms. The van der Waals surface area contributed by atoms with Crippen LogP contribution in [0, 0.1) is 6.92 Å². The van der Waals surface area contributed by atoms with E-state index in [0.717, 1.165) is 17.5 Å². The summed E-state index contributed by atoms with van der Waals surface area (Å²) >= 11 is 11.3. The summed E-state index contributed by atoms with van der Waals surface area (Å²) < 4.78 is 2.85. The van der Waals surface area contributed by atoms with E-state index >= 15 is 0 Å². The lowest BCUT2D eigenvalue weighted by Gasteiger charge is -1.99. The summed E-state index contributed by atoms with van der Waals surface area (Å²) in [6.45, 7) is 1.94. The van der Waals surface area contributed by atoms with Crippen LogP contribution >= 0.6 is 66.3 Å². The fourth-order valence-electron chi connectivity index (χ4n) is 1.28. The third kappa shape index (κ3) is 3.16. The molecule has 0 fully saturated rings. The van der Waals surface area contributed by atoms with Gasteiger partial charge in [0.1, 0.15) is 0 Å². The molecule has 0 unspecified atom stereocenters. The Hall–Kier alpha value is 0.110. The van der Waals surface area contributed by atoms with E-state index in [9.17, 15) is 4.79 Å². The molecule has 3 nitrogen and oxygen atoms in total. The number of anilines is 1. The smallest absolute Gasteiger partial charge is 0.259 e. The quantitative estimate of drug-likeness (QED) is 0.699. The number of thioether (sulfide) groups is 1. The average molecular weight is 428 g/mol. The molecule has 0 spiro atoms. The topological polar surface area (TPSA) is 42.0 Å². The van der Waals surface area contributed by atoms with Crippen LogP contribution in [-0.4, -0.2) is 17.1 Å². The fourth-order valence-corrected chi connectivity index (χ4v) is 5.68. The molecule has 2 aromatic heterocycles. The molecule has 2 rings (SSSR count). The fraction of sp³-hybridized carbons (Fsp3) is 0.200. The van der Waals surface area contributed by atoms with E-state index < -0.39 is 0 Å². The van der Waals surface area contributed by atoms with Crippen molar-refractivity contribution in [2.24, 2.45) is 0 Å². The van der Waals surface area contributed by atoms with Crippen LogP contribution in [0.25, 0.3) is 0 Å². The number of aryl methyl sites for hydroxylation is 1. The normalized spacial score (nSPS) is 10.7. The molecule has 1 N–H and O–H groups in total. The van der Waals surface area contributed by atoms with E-state index in [-0.39, 0.29) is 5.91 Å². The molecule has 96 valence electrons. The first-order valence-corrected chi connectivity index (χ1v) is 9.23. The second kappa shape index (κ2) is 6.04. The number of carbonyl (C=O) groups excluding carboxylic acids is 1. The number of nitrogens with one attached hydrogen (secondary N) is 1. The Balaban J connectivity index is 2.18. The van der Waals surface area contributed by atoms with Gasteiger partial charge in [-0.05, 0) is 51.1 Å². The van der Waals surface area contributed by atoms with Gasteiger partial charge in [0.15, 0.2) is 5.13 Å². The Labute approximate surface area is 134 Å². The van der Waals surface area contributed by atoms with Crippen molar-refractivity contribution in [1.29, 1.82) is 0 Å². The zero-order chi connectivity index (χ0) is 13.3. The van der Waals surface area contributed by atoms with Crippen LogP contribution in [0.5, 0.6) is 0 Å². The molecule has 0 bridgehead atoms. The molecule has 1 amide bonds. The lowest BCUT2D eigenvalue weighted by atomic mass is 10.3. The molecule has 0 aliphatic heterocycles. The Morgan fingerprint density at radius 3 is 2.67 bits per heavy atom. The van der Waals surface area contributed by atoms with Crippen molar-refractivity contribution in [1.82, 2.24) is 4.98 Å². The SMILES string of the molecule is CSc1sc(NC(=O)c2cc(Br)sc2Br)nc1C. The monoisotopic (exact) mass is 426 g/mol. The summed E-state index contributed by atoms with van der Waals surface area (Å²) in [5.74, 6) is -0.148. The van der Waals surface area contributed by atoms with Crippen molar-refractivity contribution in [3.05, 3.63) is 24.9 Å². The predicted molar refractivity (Wildman–Crippen MR) is 86.3 cm³/mol. The molecule has 0 aromatic carbocycles. The van der Waals surface area contributed by atoms with Gasteiger partial charge in [0.05, 0.1) is 23.0 Å². The molecule has 2 aromatic rings. The van der Waals surface area contributed by atoms with E-state index in [1.54, 1.807) is 17.8 Å². The second-order valence-electron chi connectivity index (χ2n) is 3.29. The number of thiazole rings is 1. The highest BCUT2D eigenvalue weighted by Crippen LogP contribution is 2.34. The molecule has 2 heterocycles. The molecule has 0 saturated carbocycles. The summed E-state index contributed by atoms with van der Waals surface area (Å²) in [5, 5.41) is 3.45. The molecule has 0 radical (unpaired) electrons. The molecule has 0 atom stereocenters. The number of carbonyl (C=O) groups is 1. The predicted octanol–water partition coefficient (Wildman–Crippen LogP) is 5.01. The van der Waals surface area contributed by atoms with E-state index in [4.69, 9.17) is 0 Å². The van der Waals surface area contributed by atoms with Gasteiger partial charge in [-0.1, -0.05) is 11.3 Å². The van der Waals surface area contributed by atoms with Gasteiger partial charge in [-0.3, -0.25) is 10.1 Å². The van der Waals surface area contributed by atoms with Crippen molar-refractivity contribution in [2.75, 3.05) is 11.6 Å². The van der Waals surface area contributed by atoms with Gasteiger partial charge in [0, 0.05) is 0 Å². The van der Waals surface area contributed by atoms with Crippen LogP contribution in [0.4, 0.5) is 5.13 Å². The number of hydrogen-bond donors (Lipinski definition) is 1. The van der Waals surface area contributed by atoms with Gasteiger partial charge in [-0.15, -0.1) is 23.1 Å². The third-order valence-corrected chi connectivity index (χ3v) is 6.68. The van der Waals surface area contributed by atoms with E-state index in [1.165, 1.54) is 22.7 Å². The summed E-state index contributed by atoms with van der Waals surface area (Å²) in [5.41, 5.74) is 1.57. The number of aromatic nitrogens is 1. The van der Waals surface area contributed by atoms with Crippen molar-refractivity contribution < 1.29 is 4.79 Å². The van der Waals surface area contributed by atoms with Gasteiger partial charge in [-0.2, -0.15) is 0 Å². The largest absolute Gasteiger partial charge is 0.298 e. The van der Waals surface area contributed by atoms with Crippen LogP contribution in [0.1, 0.15) is 16.1 Å². The molecule has 0 aliphatic carbocycles. The average Bonchev–Trinajstić information content (AvgIpc) is 2.81. The Morgan fingerprint density at radius 2 is 2.17 bits per heavy atom. The zero-order valence-electron chi connectivity index (χ0n) is 9.41. The Kier molecular flexibility index (Phi) is 4.87. The Morgan fingerprint density at radius 1 is 1.44 bits per heavy atom. The first-order chi connectivity index (χ1) is 8.51. The van der Waals surface area contributed by atoms with Crippen LogP contribution in [0.2, 0.25) is 0 Å². The number of thiophene rings is 1. The molecule has 0 aliphatic rings. The van der Waals surface area contributed by atoms with Gasteiger partial charge in [-0.25, -0.2) is 4.98 Å². The molecular weight excluding hydrogens is 420 g/mol. The number of hydrogen-bond acceptors (Lipinski definition) is 5. The molecule has 8 heteroatoms. The van der Waals surface area contributed by atoms with Crippen molar-refractivity contribution in [3.8, 4) is 0 Å². The highest BCUT2D eigenvalue weighted by molar-refractivity contribution is 9.12. The summed E-state index contributed by atoms with van der Waals surface area (Å²) in [6, 6.07) is 1.79. The number of halogens is 2. The van der Waals surface area contributed by atoms with Gasteiger partial charge < -0.3 is 0 Å². The van der Waals surface area contributed by atoms with Gasteiger partial charge >= 0.3 is 0 Å². The lowest BCUT2D eigenvalue weighted by molar-refractivity contribution is 0.102. The van der Waals surface area contributed by atoms with E-state index in [0.29, 0.717) is 10.7 Å². The highest BCUT2D eigenvalue weighted by atomic mass is 79.9. The first-order valence-electron chi connectivity index (χ1n) is 4.79. The maximum atomic E-state index is 12.1. The lowest BCUT2D eigenvalue weighted by Crippen LogP contribution is -2.11. The molecular formula is C10H8Br2N2OS3. The number of amides is 1. The molecule has 0 saturated heterocycles. The van der Waals surface area contributed by atoms with Crippen LogP contribution in [0.15, 0.2) is 17.8 Å². The minimum absolute atomic E-state index is 0.148. The second-order valence-corrected chi connectivity index (χ2v) is 9.11. The van der Waals surface area contributed by atoms with Crippen molar-refractivity contribution in [3.63, 3.8) is 0 Å². The maximum Gasteiger partial charge on any atom is 0.259 e. The zero-order valence-corrected chi connectivity index (χ0v) is 15.0. The van der Waals surface area contributed by atoms with Gasteiger partial charge in [0.25, 0.3) is 5.91 Å².